The van der Waals surface area contributed by atoms with E-state index in [1.165, 1.54) is 32.6 Å². The van der Waals surface area contributed by atoms with Gasteiger partial charge in [-0.2, -0.15) is 0 Å². The highest BCUT2D eigenvalue weighted by atomic mass is 32.2. The molecule has 2 N–H and O–H groups in total. The van der Waals surface area contributed by atoms with Gasteiger partial charge in [0, 0.05) is 25.2 Å². The van der Waals surface area contributed by atoms with Crippen molar-refractivity contribution in [3.8, 4) is 0 Å². The Bertz CT molecular complexity index is 785. The lowest BCUT2D eigenvalue weighted by Gasteiger charge is -2.36. The maximum absolute atomic E-state index is 12.8. The van der Waals surface area contributed by atoms with Crippen molar-refractivity contribution in [2.45, 2.75) is 70.2 Å². The maximum Gasteiger partial charge on any atom is 0.240 e. The number of benzene rings is 1. The normalized spacial score (nSPS) is 19.8. The van der Waals surface area contributed by atoms with Crippen LogP contribution in [0.15, 0.2) is 17.0 Å². The van der Waals surface area contributed by atoms with Crippen LogP contribution < -0.4 is 10.0 Å². The largest absolute Gasteiger partial charge is 0.326 e. The lowest BCUT2D eigenvalue weighted by molar-refractivity contribution is -0.114. The number of carbonyl (C=O) groups excluding carboxylic acids is 1. The highest BCUT2D eigenvalue weighted by Crippen LogP contribution is 2.28. The van der Waals surface area contributed by atoms with Crippen LogP contribution in [0.1, 0.15) is 56.6 Å². The van der Waals surface area contributed by atoms with Gasteiger partial charge >= 0.3 is 0 Å². The Morgan fingerprint density at radius 1 is 1.07 bits per heavy atom. The van der Waals surface area contributed by atoms with E-state index in [1.807, 2.05) is 13.8 Å². The van der Waals surface area contributed by atoms with E-state index in [1.54, 1.807) is 12.1 Å². The molecule has 3 rings (SSSR count). The standard InChI is InChI=1S/C21H33N3O3S/c1-15-12-20(13-16(2)21(15)23-17(3)25)28(26,27)22-14-18-8-10-24(11-9-18)19-6-4-5-7-19/h12-13,18-19,22H,4-11,14H2,1-3H3,(H,23,25). The Kier molecular flexibility index (Phi) is 6.78. The van der Waals surface area contributed by atoms with E-state index in [4.69, 9.17) is 0 Å². The van der Waals surface area contributed by atoms with Gasteiger partial charge in [-0.05, 0) is 81.8 Å². The van der Waals surface area contributed by atoms with Crippen LogP contribution in [-0.2, 0) is 14.8 Å². The van der Waals surface area contributed by atoms with Crippen LogP contribution in [0, 0.1) is 19.8 Å². The van der Waals surface area contributed by atoms with Crippen molar-refractivity contribution in [2.75, 3.05) is 25.0 Å². The zero-order valence-electron chi connectivity index (χ0n) is 17.3. The van der Waals surface area contributed by atoms with Crippen LogP contribution in [0.4, 0.5) is 5.69 Å². The van der Waals surface area contributed by atoms with Gasteiger partial charge in [-0.1, -0.05) is 12.8 Å². The Balaban J connectivity index is 1.57. The second-order valence-electron chi connectivity index (χ2n) is 8.38. The zero-order valence-corrected chi connectivity index (χ0v) is 18.1. The smallest absolute Gasteiger partial charge is 0.240 e. The molecule has 1 aliphatic carbocycles. The fourth-order valence-electron chi connectivity index (χ4n) is 4.55. The first kappa shape index (κ1) is 21.3. The number of sulfonamides is 1. The van der Waals surface area contributed by atoms with Gasteiger partial charge in [0.15, 0.2) is 0 Å². The number of likely N-dealkylation sites (tertiary alicyclic amines) is 1. The quantitative estimate of drug-likeness (QED) is 0.759. The number of anilines is 1. The average Bonchev–Trinajstić information content (AvgIpc) is 3.18. The first-order valence-corrected chi connectivity index (χ1v) is 11.9. The third kappa shape index (κ3) is 5.13. The molecule has 0 bridgehead atoms. The number of nitrogens with one attached hydrogen (secondary N) is 2. The minimum absolute atomic E-state index is 0.163. The molecule has 1 amide bonds. The molecule has 2 aliphatic rings. The fraction of sp³-hybridized carbons (Fsp3) is 0.667. The molecule has 28 heavy (non-hydrogen) atoms. The van der Waals surface area contributed by atoms with Gasteiger partial charge in [-0.15, -0.1) is 0 Å². The van der Waals surface area contributed by atoms with Gasteiger partial charge in [0.1, 0.15) is 0 Å². The Labute approximate surface area is 169 Å². The number of nitrogens with zero attached hydrogens (tertiary/aromatic N) is 1. The van der Waals surface area contributed by atoms with E-state index in [0.717, 1.165) is 43.1 Å². The molecule has 0 atom stereocenters. The molecule has 1 saturated carbocycles. The van der Waals surface area contributed by atoms with Crippen LogP contribution >= 0.6 is 0 Å². The number of carbonyl (C=O) groups is 1. The van der Waals surface area contributed by atoms with E-state index in [9.17, 15) is 13.2 Å². The Morgan fingerprint density at radius 2 is 1.64 bits per heavy atom. The van der Waals surface area contributed by atoms with Gasteiger partial charge in [-0.3, -0.25) is 4.79 Å². The van der Waals surface area contributed by atoms with E-state index in [-0.39, 0.29) is 10.8 Å². The van der Waals surface area contributed by atoms with Gasteiger partial charge in [0.05, 0.1) is 4.90 Å². The second-order valence-corrected chi connectivity index (χ2v) is 10.1. The molecule has 1 aliphatic heterocycles. The maximum atomic E-state index is 12.8. The van der Waals surface area contributed by atoms with Crippen molar-refractivity contribution in [3.63, 3.8) is 0 Å². The third-order valence-corrected chi connectivity index (χ3v) is 7.57. The molecule has 1 aromatic carbocycles. The molecule has 0 unspecified atom stereocenters. The highest BCUT2D eigenvalue weighted by molar-refractivity contribution is 7.89. The lowest BCUT2D eigenvalue weighted by atomic mass is 9.96. The molecule has 0 radical (unpaired) electrons. The molecule has 1 saturated heterocycles. The molecule has 2 fully saturated rings. The van der Waals surface area contributed by atoms with Crippen LogP contribution in [0.25, 0.3) is 0 Å². The number of piperidine rings is 1. The molecular formula is C21H33N3O3S. The first-order chi connectivity index (χ1) is 13.3. The topological polar surface area (TPSA) is 78.5 Å². The van der Waals surface area contributed by atoms with Crippen molar-refractivity contribution >= 4 is 21.6 Å². The number of aryl methyl sites for hydroxylation is 2. The van der Waals surface area contributed by atoms with Gasteiger partial charge in [-0.25, -0.2) is 13.1 Å². The van der Waals surface area contributed by atoms with Crippen LogP contribution in [0.2, 0.25) is 0 Å². The van der Waals surface area contributed by atoms with Crippen molar-refractivity contribution < 1.29 is 13.2 Å². The molecule has 1 aromatic rings. The number of amides is 1. The summed E-state index contributed by atoms with van der Waals surface area (Å²) in [5.74, 6) is 0.233. The molecule has 6 nitrogen and oxygen atoms in total. The molecule has 156 valence electrons. The van der Waals surface area contributed by atoms with E-state index >= 15 is 0 Å². The lowest BCUT2D eigenvalue weighted by Crippen LogP contribution is -2.42. The predicted octanol–water partition coefficient (Wildman–Crippen LogP) is 3.19. The summed E-state index contributed by atoms with van der Waals surface area (Å²) in [4.78, 5) is 14.2. The highest BCUT2D eigenvalue weighted by Gasteiger charge is 2.28. The Hall–Kier alpha value is -1.44. The minimum atomic E-state index is -3.56. The van der Waals surface area contributed by atoms with Crippen molar-refractivity contribution in [1.29, 1.82) is 0 Å². The number of rotatable bonds is 6. The number of hydrogen-bond donors (Lipinski definition) is 2. The zero-order chi connectivity index (χ0) is 20.3. The fourth-order valence-corrected chi connectivity index (χ4v) is 5.84. The van der Waals surface area contributed by atoms with Crippen molar-refractivity contribution in [2.24, 2.45) is 5.92 Å². The summed E-state index contributed by atoms with van der Waals surface area (Å²) in [6.07, 6.45) is 7.46. The van der Waals surface area contributed by atoms with Crippen LogP contribution in [0.3, 0.4) is 0 Å². The summed E-state index contributed by atoms with van der Waals surface area (Å²) in [5.41, 5.74) is 2.19. The van der Waals surface area contributed by atoms with Gasteiger partial charge in [0.25, 0.3) is 0 Å². The summed E-state index contributed by atoms with van der Waals surface area (Å²) in [7, 11) is -3.56. The average molecular weight is 408 g/mol. The third-order valence-electron chi connectivity index (χ3n) is 6.17. The number of hydrogen-bond acceptors (Lipinski definition) is 4. The van der Waals surface area contributed by atoms with E-state index < -0.39 is 10.0 Å². The minimum Gasteiger partial charge on any atom is -0.326 e. The summed E-state index contributed by atoms with van der Waals surface area (Å²) in [6, 6.07) is 4.01. The SMILES string of the molecule is CC(=O)Nc1c(C)cc(S(=O)(=O)NCC2CCN(C3CCCC3)CC2)cc1C. The summed E-state index contributed by atoms with van der Waals surface area (Å²) in [6.45, 7) is 7.74. The second kappa shape index (κ2) is 8.93. The van der Waals surface area contributed by atoms with E-state index in [2.05, 4.69) is 14.9 Å². The predicted molar refractivity (Wildman–Crippen MR) is 112 cm³/mol. The van der Waals surface area contributed by atoms with Crippen molar-refractivity contribution in [1.82, 2.24) is 9.62 Å². The molecule has 0 spiro atoms. The molecule has 7 heteroatoms. The summed E-state index contributed by atoms with van der Waals surface area (Å²) >= 11 is 0. The van der Waals surface area contributed by atoms with Crippen LogP contribution in [0.5, 0.6) is 0 Å². The van der Waals surface area contributed by atoms with Crippen molar-refractivity contribution in [3.05, 3.63) is 23.3 Å². The first-order valence-electron chi connectivity index (χ1n) is 10.4. The summed E-state index contributed by atoms with van der Waals surface area (Å²) in [5, 5.41) is 2.77. The van der Waals surface area contributed by atoms with Gasteiger partial charge < -0.3 is 10.2 Å². The molecule has 0 aromatic heterocycles. The van der Waals surface area contributed by atoms with Gasteiger partial charge in [0.2, 0.25) is 15.9 Å². The monoisotopic (exact) mass is 407 g/mol. The Morgan fingerprint density at radius 3 is 2.18 bits per heavy atom. The molecule has 1 heterocycles. The van der Waals surface area contributed by atoms with Crippen LogP contribution in [-0.4, -0.2) is 44.9 Å². The molecular weight excluding hydrogens is 374 g/mol. The van der Waals surface area contributed by atoms with E-state index in [0.29, 0.717) is 18.2 Å². The summed E-state index contributed by atoms with van der Waals surface area (Å²) < 4.78 is 28.4.